The van der Waals surface area contributed by atoms with Crippen LogP contribution >= 0.6 is 0 Å². The fraction of sp³-hybridized carbons (Fsp3) is 0.333. The summed E-state index contributed by atoms with van der Waals surface area (Å²) in [5, 5.41) is 28.0. The quantitative estimate of drug-likeness (QED) is 0.690. The van der Waals surface area contributed by atoms with Crippen LogP contribution in [0.3, 0.4) is 0 Å². The molecule has 6 heteroatoms. The smallest absolute Gasteiger partial charge is 0.326 e. The van der Waals surface area contributed by atoms with E-state index >= 15 is 0 Å². The molecular weight excluding hydrogens is 238 g/mol. The van der Waals surface area contributed by atoms with Crippen molar-refractivity contribution in [2.75, 3.05) is 6.54 Å². The lowest BCUT2D eigenvalue weighted by Gasteiger charge is -2.21. The van der Waals surface area contributed by atoms with Crippen molar-refractivity contribution in [2.24, 2.45) is 0 Å². The van der Waals surface area contributed by atoms with E-state index in [0.717, 1.165) is 4.90 Å². The van der Waals surface area contributed by atoms with Gasteiger partial charge < -0.3 is 20.2 Å². The van der Waals surface area contributed by atoms with Crippen molar-refractivity contribution in [3.63, 3.8) is 0 Å². The Morgan fingerprint density at radius 1 is 1.28 bits per heavy atom. The molecule has 1 saturated heterocycles. The lowest BCUT2D eigenvalue weighted by atomic mass is 10.1. The van der Waals surface area contributed by atoms with Gasteiger partial charge in [-0.15, -0.1) is 0 Å². The van der Waals surface area contributed by atoms with Crippen LogP contribution in [0.1, 0.15) is 16.8 Å². The van der Waals surface area contributed by atoms with E-state index in [0.29, 0.717) is 0 Å². The lowest BCUT2D eigenvalue weighted by molar-refractivity contribution is -0.141. The highest BCUT2D eigenvalue weighted by atomic mass is 16.4. The number of carboxylic acid groups (broad SMARTS) is 1. The van der Waals surface area contributed by atoms with Crippen LogP contribution < -0.4 is 0 Å². The normalized spacial score (nSPS) is 23.1. The molecule has 1 aromatic carbocycles. The fourth-order valence-electron chi connectivity index (χ4n) is 2.08. The summed E-state index contributed by atoms with van der Waals surface area (Å²) in [6.45, 7) is -0.0376. The SMILES string of the molecule is O=C(O)C1CC(O)CN1C(=O)c1ccccc1O. The largest absolute Gasteiger partial charge is 0.507 e. The van der Waals surface area contributed by atoms with Gasteiger partial charge in [0.05, 0.1) is 11.7 Å². The average molecular weight is 251 g/mol. The van der Waals surface area contributed by atoms with Gasteiger partial charge in [-0.1, -0.05) is 12.1 Å². The van der Waals surface area contributed by atoms with Crippen molar-refractivity contribution in [1.29, 1.82) is 0 Å². The third kappa shape index (κ3) is 2.14. The molecule has 0 spiro atoms. The fourth-order valence-corrected chi connectivity index (χ4v) is 2.08. The summed E-state index contributed by atoms with van der Waals surface area (Å²) in [5.74, 6) is -1.94. The Hall–Kier alpha value is -2.08. The number of aliphatic hydroxyl groups excluding tert-OH is 1. The second-order valence-corrected chi connectivity index (χ2v) is 4.22. The predicted molar refractivity (Wildman–Crippen MR) is 61.2 cm³/mol. The van der Waals surface area contributed by atoms with Crippen LogP contribution in [0, 0.1) is 0 Å². The Kier molecular flexibility index (Phi) is 3.20. The first-order valence-corrected chi connectivity index (χ1v) is 5.50. The van der Waals surface area contributed by atoms with Gasteiger partial charge in [-0.2, -0.15) is 0 Å². The van der Waals surface area contributed by atoms with Gasteiger partial charge in [0.1, 0.15) is 11.8 Å². The number of phenols is 1. The van der Waals surface area contributed by atoms with Crippen LogP contribution in [0.5, 0.6) is 5.75 Å². The number of hydrogen-bond acceptors (Lipinski definition) is 4. The number of para-hydroxylation sites is 1. The van der Waals surface area contributed by atoms with Crippen LogP contribution in [0.15, 0.2) is 24.3 Å². The number of hydrogen-bond donors (Lipinski definition) is 3. The number of carboxylic acids is 1. The maximum Gasteiger partial charge on any atom is 0.326 e. The number of β-amino-alcohol motifs (C(OH)–C–C–N with tert-alkyl or cyclic N) is 1. The Labute approximate surface area is 103 Å². The van der Waals surface area contributed by atoms with Crippen molar-refractivity contribution >= 4 is 11.9 Å². The second kappa shape index (κ2) is 4.66. The first-order valence-electron chi connectivity index (χ1n) is 5.50. The molecule has 18 heavy (non-hydrogen) atoms. The Morgan fingerprint density at radius 2 is 1.94 bits per heavy atom. The molecule has 0 aliphatic carbocycles. The summed E-state index contributed by atoms with van der Waals surface area (Å²) < 4.78 is 0. The first kappa shape index (κ1) is 12.4. The Balaban J connectivity index is 2.28. The maximum atomic E-state index is 12.1. The molecule has 1 aliphatic rings. The summed E-state index contributed by atoms with van der Waals surface area (Å²) in [7, 11) is 0. The van der Waals surface area contributed by atoms with Gasteiger partial charge in [0, 0.05) is 13.0 Å². The van der Waals surface area contributed by atoms with Gasteiger partial charge in [-0.05, 0) is 12.1 Å². The standard InChI is InChI=1S/C12H13NO5/c14-7-5-9(12(17)18)13(6-7)11(16)8-3-1-2-4-10(8)15/h1-4,7,9,14-15H,5-6H2,(H,17,18). The van der Waals surface area contributed by atoms with Crippen LogP contribution in [0.4, 0.5) is 0 Å². The molecule has 1 aromatic rings. The maximum absolute atomic E-state index is 12.1. The number of amides is 1. The van der Waals surface area contributed by atoms with E-state index in [1.54, 1.807) is 12.1 Å². The topological polar surface area (TPSA) is 98.1 Å². The molecule has 96 valence electrons. The molecule has 1 fully saturated rings. The minimum Gasteiger partial charge on any atom is -0.507 e. The van der Waals surface area contributed by atoms with Crippen molar-refractivity contribution in [1.82, 2.24) is 4.90 Å². The second-order valence-electron chi connectivity index (χ2n) is 4.22. The molecule has 0 saturated carbocycles. The minimum atomic E-state index is -1.16. The van der Waals surface area contributed by atoms with Crippen molar-refractivity contribution in [2.45, 2.75) is 18.6 Å². The van der Waals surface area contributed by atoms with Gasteiger partial charge in [-0.3, -0.25) is 4.79 Å². The summed E-state index contributed by atoms with van der Waals surface area (Å²) in [5.41, 5.74) is 0.0397. The predicted octanol–water partition coefficient (Wildman–Crippen LogP) is 0.0522. The molecule has 0 aromatic heterocycles. The molecule has 1 amide bonds. The number of carbonyl (C=O) groups excluding carboxylic acids is 1. The summed E-state index contributed by atoms with van der Waals surface area (Å²) in [4.78, 5) is 24.2. The molecular formula is C12H13NO5. The zero-order valence-electron chi connectivity index (χ0n) is 9.48. The van der Waals surface area contributed by atoms with Crippen LogP contribution in [0.2, 0.25) is 0 Å². The van der Waals surface area contributed by atoms with E-state index in [1.807, 2.05) is 0 Å². The summed E-state index contributed by atoms with van der Waals surface area (Å²) >= 11 is 0. The zero-order valence-corrected chi connectivity index (χ0v) is 9.48. The monoisotopic (exact) mass is 251 g/mol. The van der Waals surface area contributed by atoms with E-state index in [9.17, 15) is 19.8 Å². The zero-order chi connectivity index (χ0) is 13.3. The number of benzene rings is 1. The molecule has 2 rings (SSSR count). The third-order valence-corrected chi connectivity index (χ3v) is 2.96. The van der Waals surface area contributed by atoms with Gasteiger partial charge >= 0.3 is 5.97 Å². The van der Waals surface area contributed by atoms with Crippen LogP contribution in [-0.4, -0.2) is 50.8 Å². The van der Waals surface area contributed by atoms with Crippen molar-refractivity contribution in [3.05, 3.63) is 29.8 Å². The number of nitrogens with zero attached hydrogens (tertiary/aromatic N) is 1. The molecule has 0 bridgehead atoms. The summed E-state index contributed by atoms with van der Waals surface area (Å²) in [6, 6.07) is 4.87. The number of aromatic hydroxyl groups is 1. The van der Waals surface area contributed by atoms with Crippen molar-refractivity contribution in [3.8, 4) is 5.75 Å². The minimum absolute atomic E-state index is 0.00860. The van der Waals surface area contributed by atoms with Gasteiger partial charge in [0.25, 0.3) is 5.91 Å². The number of carbonyl (C=O) groups is 2. The van der Waals surface area contributed by atoms with Crippen LogP contribution in [-0.2, 0) is 4.79 Å². The Morgan fingerprint density at radius 3 is 2.56 bits per heavy atom. The molecule has 2 unspecified atom stereocenters. The number of likely N-dealkylation sites (tertiary alicyclic amines) is 1. The molecule has 1 aliphatic heterocycles. The lowest BCUT2D eigenvalue weighted by Crippen LogP contribution is -2.40. The number of aliphatic hydroxyl groups is 1. The van der Waals surface area contributed by atoms with E-state index in [1.165, 1.54) is 12.1 Å². The molecule has 6 nitrogen and oxygen atoms in total. The van der Waals surface area contributed by atoms with E-state index in [2.05, 4.69) is 0 Å². The number of rotatable bonds is 2. The highest BCUT2D eigenvalue weighted by molar-refractivity contribution is 5.99. The number of aliphatic carboxylic acids is 1. The Bertz CT molecular complexity index is 487. The first-order chi connectivity index (χ1) is 8.50. The summed E-state index contributed by atoms with van der Waals surface area (Å²) in [6.07, 6.45) is -0.838. The highest BCUT2D eigenvalue weighted by Crippen LogP contribution is 2.24. The highest BCUT2D eigenvalue weighted by Gasteiger charge is 2.39. The van der Waals surface area contributed by atoms with Gasteiger partial charge in [0.15, 0.2) is 0 Å². The molecule has 2 atom stereocenters. The third-order valence-electron chi connectivity index (χ3n) is 2.96. The van der Waals surface area contributed by atoms with Crippen molar-refractivity contribution < 1.29 is 24.9 Å². The number of phenolic OH excluding ortho intramolecular Hbond substituents is 1. The van der Waals surface area contributed by atoms with E-state index < -0.39 is 24.0 Å². The van der Waals surface area contributed by atoms with Gasteiger partial charge in [0.2, 0.25) is 0 Å². The molecule has 1 heterocycles. The molecule has 0 radical (unpaired) electrons. The average Bonchev–Trinajstić information content (AvgIpc) is 2.71. The van der Waals surface area contributed by atoms with E-state index in [4.69, 9.17) is 5.11 Å². The van der Waals surface area contributed by atoms with Crippen LogP contribution in [0.25, 0.3) is 0 Å². The van der Waals surface area contributed by atoms with Gasteiger partial charge in [-0.25, -0.2) is 4.79 Å². The molecule has 3 N–H and O–H groups in total. The van der Waals surface area contributed by atoms with E-state index in [-0.39, 0.29) is 24.3 Å².